The largest absolute Gasteiger partial charge is 0.454 e. The molecule has 2 aliphatic rings. The van der Waals surface area contributed by atoms with E-state index >= 15 is 0 Å². The van der Waals surface area contributed by atoms with E-state index in [1.54, 1.807) is 4.90 Å². The lowest BCUT2D eigenvalue weighted by Crippen LogP contribution is -2.37. The van der Waals surface area contributed by atoms with E-state index in [1.807, 2.05) is 79.7 Å². The summed E-state index contributed by atoms with van der Waals surface area (Å²) in [6.45, 7) is 5.05. The highest BCUT2D eigenvalue weighted by Gasteiger charge is 2.26. The first-order valence-corrected chi connectivity index (χ1v) is 11.3. The number of amides is 1. The minimum atomic E-state index is -0.270. The molecule has 0 aromatic heterocycles. The first-order valence-electron chi connectivity index (χ1n) is 11.3. The lowest BCUT2D eigenvalue weighted by Gasteiger charge is -2.25. The number of aliphatic imine (C=N–C) groups is 1. The second-order valence-corrected chi connectivity index (χ2v) is 8.37. The molecule has 6 heteroatoms. The van der Waals surface area contributed by atoms with Gasteiger partial charge in [0.05, 0.1) is 5.56 Å². The maximum atomic E-state index is 12.7. The molecule has 0 radical (unpaired) electrons. The standard InChI is InChI=1S/C27H27N3O3/c1-20-12-13-23-25(18-20)33-24-11-6-5-10-22(24)26(28-23)29-14-7-15-30(17-16-29)27(31)32-19-21-8-3-2-4-9-21/h2-6,8-13,18H,7,14-17,19H2,1H3. The fraction of sp³-hybridized carbons (Fsp3) is 0.259. The molecule has 0 bridgehead atoms. The van der Waals surface area contributed by atoms with Gasteiger partial charge in [-0.2, -0.15) is 0 Å². The number of aryl methyl sites for hydroxylation is 1. The molecule has 0 unspecified atom stereocenters. The Morgan fingerprint density at radius 3 is 2.64 bits per heavy atom. The quantitative estimate of drug-likeness (QED) is 0.525. The SMILES string of the molecule is Cc1ccc2c(c1)Oc1ccccc1C(N1CCCN(C(=O)OCc3ccccc3)CC1)=N2. The van der Waals surface area contributed by atoms with Gasteiger partial charge in [0.1, 0.15) is 23.9 Å². The zero-order valence-corrected chi connectivity index (χ0v) is 18.7. The van der Waals surface area contributed by atoms with Gasteiger partial charge in [0, 0.05) is 26.2 Å². The van der Waals surface area contributed by atoms with E-state index in [0.717, 1.165) is 52.7 Å². The second kappa shape index (κ2) is 9.36. The minimum absolute atomic E-state index is 0.270. The van der Waals surface area contributed by atoms with Crippen LogP contribution in [0.25, 0.3) is 0 Å². The summed E-state index contributed by atoms with van der Waals surface area (Å²) >= 11 is 0. The van der Waals surface area contributed by atoms with E-state index in [2.05, 4.69) is 4.90 Å². The second-order valence-electron chi connectivity index (χ2n) is 8.37. The molecule has 0 N–H and O–H groups in total. The molecule has 0 aliphatic carbocycles. The number of amidine groups is 1. The molecule has 5 rings (SSSR count). The third-order valence-corrected chi connectivity index (χ3v) is 5.95. The summed E-state index contributed by atoms with van der Waals surface area (Å²) in [5.74, 6) is 2.44. The van der Waals surface area contributed by atoms with Crippen molar-refractivity contribution in [2.75, 3.05) is 26.2 Å². The molecule has 6 nitrogen and oxygen atoms in total. The van der Waals surface area contributed by atoms with Crippen molar-refractivity contribution in [3.63, 3.8) is 0 Å². The highest BCUT2D eigenvalue weighted by molar-refractivity contribution is 6.03. The Balaban J connectivity index is 1.34. The Kier molecular flexibility index (Phi) is 5.98. The number of carbonyl (C=O) groups excluding carboxylic acids is 1. The number of rotatable bonds is 2. The fourth-order valence-corrected chi connectivity index (χ4v) is 4.19. The van der Waals surface area contributed by atoms with Gasteiger partial charge in [0.15, 0.2) is 5.75 Å². The van der Waals surface area contributed by atoms with Gasteiger partial charge in [-0.05, 0) is 48.7 Å². The predicted octanol–water partition coefficient (Wildman–Crippen LogP) is 5.52. The third kappa shape index (κ3) is 4.70. The molecule has 1 fully saturated rings. The van der Waals surface area contributed by atoms with Crippen molar-refractivity contribution >= 4 is 17.6 Å². The van der Waals surface area contributed by atoms with Crippen molar-refractivity contribution in [3.8, 4) is 11.5 Å². The van der Waals surface area contributed by atoms with Gasteiger partial charge in [-0.3, -0.25) is 0 Å². The molecule has 3 aromatic carbocycles. The molecular weight excluding hydrogens is 414 g/mol. The number of benzene rings is 3. The van der Waals surface area contributed by atoms with Crippen molar-refractivity contribution in [1.82, 2.24) is 9.80 Å². The van der Waals surface area contributed by atoms with Crippen LogP contribution in [0.1, 0.15) is 23.1 Å². The summed E-state index contributed by atoms with van der Waals surface area (Å²) in [6.07, 6.45) is 0.566. The molecule has 168 valence electrons. The van der Waals surface area contributed by atoms with E-state index in [0.29, 0.717) is 19.6 Å². The smallest absolute Gasteiger partial charge is 0.410 e. The number of nitrogens with zero attached hydrogens (tertiary/aromatic N) is 3. The van der Waals surface area contributed by atoms with Gasteiger partial charge in [0.2, 0.25) is 0 Å². The maximum Gasteiger partial charge on any atom is 0.410 e. The summed E-state index contributed by atoms with van der Waals surface area (Å²) in [4.78, 5) is 21.7. The normalized spacial score (nSPS) is 15.4. The highest BCUT2D eigenvalue weighted by Crippen LogP contribution is 2.38. The van der Waals surface area contributed by atoms with Crippen LogP contribution in [0.5, 0.6) is 11.5 Å². The molecule has 2 aliphatic heterocycles. The third-order valence-electron chi connectivity index (χ3n) is 5.95. The van der Waals surface area contributed by atoms with Crippen LogP contribution < -0.4 is 4.74 Å². The van der Waals surface area contributed by atoms with Crippen LogP contribution in [0.2, 0.25) is 0 Å². The van der Waals surface area contributed by atoms with E-state index in [1.165, 1.54) is 0 Å². The van der Waals surface area contributed by atoms with E-state index in [9.17, 15) is 4.79 Å². The van der Waals surface area contributed by atoms with E-state index in [4.69, 9.17) is 14.5 Å². The summed E-state index contributed by atoms with van der Waals surface area (Å²) in [6, 6.07) is 23.8. The number of fused-ring (bicyclic) bond motifs is 2. The molecule has 3 aromatic rings. The number of hydrogen-bond acceptors (Lipinski definition) is 5. The van der Waals surface area contributed by atoms with Gasteiger partial charge in [-0.15, -0.1) is 0 Å². The van der Waals surface area contributed by atoms with E-state index < -0.39 is 0 Å². The van der Waals surface area contributed by atoms with Crippen LogP contribution >= 0.6 is 0 Å². The zero-order valence-electron chi connectivity index (χ0n) is 18.7. The summed E-state index contributed by atoms with van der Waals surface area (Å²) < 4.78 is 11.8. The number of carbonyl (C=O) groups is 1. The van der Waals surface area contributed by atoms with Crippen molar-refractivity contribution in [2.24, 2.45) is 4.99 Å². The molecule has 33 heavy (non-hydrogen) atoms. The van der Waals surface area contributed by atoms with Gasteiger partial charge >= 0.3 is 6.09 Å². The Morgan fingerprint density at radius 2 is 1.76 bits per heavy atom. The average Bonchev–Trinajstić information content (AvgIpc) is 3.18. The Morgan fingerprint density at radius 1 is 0.939 bits per heavy atom. The maximum absolute atomic E-state index is 12.7. The Bertz CT molecular complexity index is 1180. The van der Waals surface area contributed by atoms with Gasteiger partial charge < -0.3 is 19.3 Å². The molecule has 0 spiro atoms. The van der Waals surface area contributed by atoms with Crippen LogP contribution in [0.3, 0.4) is 0 Å². The number of hydrogen-bond donors (Lipinski definition) is 0. The van der Waals surface area contributed by atoms with Crippen LogP contribution in [0, 0.1) is 6.92 Å². The van der Waals surface area contributed by atoms with E-state index in [-0.39, 0.29) is 12.7 Å². The van der Waals surface area contributed by atoms with Crippen LogP contribution in [0.4, 0.5) is 10.5 Å². The first-order chi connectivity index (χ1) is 16.2. The molecule has 0 saturated carbocycles. The lowest BCUT2D eigenvalue weighted by atomic mass is 10.1. The van der Waals surface area contributed by atoms with Crippen LogP contribution in [-0.2, 0) is 11.3 Å². The summed E-state index contributed by atoms with van der Waals surface area (Å²) in [5, 5.41) is 0. The fourth-order valence-electron chi connectivity index (χ4n) is 4.19. The van der Waals surface area contributed by atoms with Crippen molar-refractivity contribution in [3.05, 3.63) is 89.5 Å². The highest BCUT2D eigenvalue weighted by atomic mass is 16.6. The number of ether oxygens (including phenoxy) is 2. The van der Waals surface area contributed by atoms with Gasteiger partial charge in [0.25, 0.3) is 0 Å². The predicted molar refractivity (Wildman–Crippen MR) is 128 cm³/mol. The summed E-state index contributed by atoms with van der Waals surface area (Å²) in [7, 11) is 0. The van der Waals surface area contributed by atoms with Crippen molar-refractivity contribution in [2.45, 2.75) is 20.0 Å². The van der Waals surface area contributed by atoms with Gasteiger partial charge in [-0.25, -0.2) is 9.79 Å². The van der Waals surface area contributed by atoms with Gasteiger partial charge in [-0.1, -0.05) is 48.5 Å². The van der Waals surface area contributed by atoms with Crippen molar-refractivity contribution < 1.29 is 14.3 Å². The monoisotopic (exact) mass is 441 g/mol. The average molecular weight is 442 g/mol. The molecule has 1 amide bonds. The molecular formula is C27H27N3O3. The number of para-hydroxylation sites is 1. The Hall–Kier alpha value is -3.80. The van der Waals surface area contributed by atoms with Crippen molar-refractivity contribution in [1.29, 1.82) is 0 Å². The van der Waals surface area contributed by atoms with Crippen LogP contribution in [0.15, 0.2) is 77.8 Å². The molecule has 2 heterocycles. The lowest BCUT2D eigenvalue weighted by molar-refractivity contribution is 0.0979. The molecule has 0 atom stereocenters. The topological polar surface area (TPSA) is 54.4 Å². The first kappa shape index (κ1) is 21.1. The minimum Gasteiger partial charge on any atom is -0.454 e. The Labute approximate surface area is 194 Å². The zero-order chi connectivity index (χ0) is 22.6. The van der Waals surface area contributed by atoms with Crippen LogP contribution in [-0.4, -0.2) is 47.9 Å². The molecule has 1 saturated heterocycles. The summed E-state index contributed by atoms with van der Waals surface area (Å²) in [5.41, 5.74) is 3.89.